The van der Waals surface area contributed by atoms with Crippen LogP contribution in [0.15, 0.2) is 29.9 Å². The second-order valence-corrected chi connectivity index (χ2v) is 7.41. The summed E-state index contributed by atoms with van der Waals surface area (Å²) in [6.07, 6.45) is 3.82. The smallest absolute Gasteiger partial charge is 0.355 e. The molecule has 4 rings (SSSR count). The number of carboxylic acid groups (broad SMARTS) is 1. The first-order chi connectivity index (χ1) is 12.4. The number of imidazole rings is 1. The Balaban J connectivity index is 1.66. The molecular weight excluding hydrogens is 378 g/mol. The molecule has 0 radical (unpaired) electrons. The lowest BCUT2D eigenvalue weighted by Gasteiger charge is -2.21. The van der Waals surface area contributed by atoms with Gasteiger partial charge in [-0.1, -0.05) is 11.6 Å². The minimum absolute atomic E-state index is 0.0276. The molecule has 0 saturated carbocycles. The van der Waals surface area contributed by atoms with Crippen LogP contribution in [0.3, 0.4) is 0 Å². The van der Waals surface area contributed by atoms with E-state index >= 15 is 0 Å². The number of hydrogen-bond acceptors (Lipinski definition) is 6. The maximum Gasteiger partial charge on any atom is 0.355 e. The molecule has 2 unspecified atom stereocenters. The van der Waals surface area contributed by atoms with E-state index in [9.17, 15) is 9.59 Å². The van der Waals surface area contributed by atoms with Crippen LogP contribution in [0.5, 0.6) is 0 Å². The van der Waals surface area contributed by atoms with Gasteiger partial charge >= 0.3 is 5.97 Å². The molecule has 3 N–H and O–H groups in total. The summed E-state index contributed by atoms with van der Waals surface area (Å²) in [5.41, 5.74) is 6.92. The highest BCUT2D eigenvalue weighted by Crippen LogP contribution is 2.34. The Morgan fingerprint density at radius 3 is 2.81 bits per heavy atom. The molecule has 8 nitrogen and oxygen atoms in total. The van der Waals surface area contributed by atoms with Crippen molar-refractivity contribution in [2.24, 2.45) is 5.73 Å². The number of amides is 1. The summed E-state index contributed by atoms with van der Waals surface area (Å²) in [5, 5.41) is 11.6. The second kappa shape index (κ2) is 6.35. The van der Waals surface area contributed by atoms with Gasteiger partial charge < -0.3 is 20.1 Å². The van der Waals surface area contributed by atoms with Crippen LogP contribution in [-0.2, 0) is 0 Å². The average Bonchev–Trinajstić information content (AvgIpc) is 3.30. The number of fused-ring (bicyclic) bond motifs is 1. The van der Waals surface area contributed by atoms with Crippen LogP contribution >= 0.6 is 22.9 Å². The minimum atomic E-state index is -1.09. The van der Waals surface area contributed by atoms with Gasteiger partial charge in [-0.05, 0) is 18.6 Å². The van der Waals surface area contributed by atoms with E-state index in [0.29, 0.717) is 28.6 Å². The molecule has 1 fully saturated rings. The first-order valence-electron chi connectivity index (χ1n) is 7.82. The second-order valence-electron chi connectivity index (χ2n) is 6.08. The number of carbonyl (C=O) groups is 2. The van der Waals surface area contributed by atoms with Gasteiger partial charge in [0.25, 0.3) is 5.91 Å². The molecule has 1 aliphatic rings. The van der Waals surface area contributed by atoms with Crippen molar-refractivity contribution in [2.75, 3.05) is 6.54 Å². The normalized spacial score (nSPS) is 20.0. The van der Waals surface area contributed by atoms with Gasteiger partial charge in [-0.15, -0.1) is 11.3 Å². The summed E-state index contributed by atoms with van der Waals surface area (Å²) in [7, 11) is 0. The average molecular weight is 392 g/mol. The number of thiazole rings is 1. The Bertz CT molecular complexity index is 1020. The van der Waals surface area contributed by atoms with Crippen LogP contribution in [0.25, 0.3) is 5.65 Å². The molecule has 3 aromatic rings. The number of nitrogens with two attached hydrogens (primary N) is 1. The zero-order valence-electron chi connectivity index (χ0n) is 13.4. The summed E-state index contributed by atoms with van der Waals surface area (Å²) in [4.78, 5) is 34.2. The fraction of sp³-hybridized carbons (Fsp3) is 0.250. The van der Waals surface area contributed by atoms with Crippen molar-refractivity contribution >= 4 is 40.5 Å². The van der Waals surface area contributed by atoms with Crippen LogP contribution in [0.2, 0.25) is 5.02 Å². The Labute approximate surface area is 156 Å². The van der Waals surface area contributed by atoms with Gasteiger partial charge in [0, 0.05) is 30.4 Å². The topological polar surface area (TPSA) is 114 Å². The predicted molar refractivity (Wildman–Crippen MR) is 95.6 cm³/mol. The molecule has 1 aliphatic heterocycles. The summed E-state index contributed by atoms with van der Waals surface area (Å²) < 4.78 is 1.69. The Hall–Kier alpha value is -2.49. The number of pyridine rings is 1. The van der Waals surface area contributed by atoms with Crippen molar-refractivity contribution in [2.45, 2.75) is 18.5 Å². The van der Waals surface area contributed by atoms with Gasteiger partial charge in [-0.3, -0.25) is 4.79 Å². The first kappa shape index (κ1) is 17.0. The molecule has 134 valence electrons. The van der Waals surface area contributed by atoms with Gasteiger partial charge in [0.05, 0.1) is 11.1 Å². The predicted octanol–water partition coefficient (Wildman–Crippen LogP) is 2.06. The van der Waals surface area contributed by atoms with Gasteiger partial charge in [0.2, 0.25) is 0 Å². The lowest BCUT2D eigenvalue weighted by Crippen LogP contribution is -2.33. The van der Waals surface area contributed by atoms with Gasteiger partial charge in [-0.2, -0.15) is 0 Å². The van der Waals surface area contributed by atoms with Crippen molar-refractivity contribution in [3.8, 4) is 0 Å². The SMILES string of the molecule is NC1CC(c2nc(C(=O)O)cs2)N(C(=O)c2cn3cc(Cl)ccc3n2)C1. The molecular formula is C16H14ClN5O3S. The molecule has 0 spiro atoms. The van der Waals surface area contributed by atoms with Gasteiger partial charge in [0.1, 0.15) is 16.3 Å². The molecule has 4 heterocycles. The van der Waals surface area contributed by atoms with Crippen molar-refractivity contribution < 1.29 is 14.7 Å². The number of likely N-dealkylation sites (tertiary alicyclic amines) is 1. The number of halogens is 1. The fourth-order valence-corrected chi connectivity index (χ4v) is 4.17. The summed E-state index contributed by atoms with van der Waals surface area (Å²) in [6, 6.07) is 2.87. The van der Waals surface area contributed by atoms with E-state index in [1.54, 1.807) is 33.8 Å². The van der Waals surface area contributed by atoms with E-state index in [1.165, 1.54) is 16.7 Å². The lowest BCUT2D eigenvalue weighted by atomic mass is 10.2. The van der Waals surface area contributed by atoms with Gasteiger partial charge in [-0.25, -0.2) is 14.8 Å². The van der Waals surface area contributed by atoms with Crippen LogP contribution in [-0.4, -0.2) is 48.8 Å². The van der Waals surface area contributed by atoms with Crippen molar-refractivity contribution in [3.05, 3.63) is 51.3 Å². The highest BCUT2D eigenvalue weighted by molar-refractivity contribution is 7.09. The Morgan fingerprint density at radius 2 is 2.08 bits per heavy atom. The maximum atomic E-state index is 13.0. The molecule has 26 heavy (non-hydrogen) atoms. The third-order valence-electron chi connectivity index (χ3n) is 4.25. The highest BCUT2D eigenvalue weighted by Gasteiger charge is 2.37. The minimum Gasteiger partial charge on any atom is -0.476 e. The molecule has 1 amide bonds. The molecule has 2 atom stereocenters. The molecule has 0 bridgehead atoms. The van der Waals surface area contributed by atoms with E-state index < -0.39 is 5.97 Å². The lowest BCUT2D eigenvalue weighted by molar-refractivity contribution is 0.0691. The number of hydrogen-bond donors (Lipinski definition) is 2. The number of carboxylic acids is 1. The third kappa shape index (κ3) is 2.94. The van der Waals surface area contributed by atoms with Gasteiger partial charge in [0.15, 0.2) is 5.69 Å². The van der Waals surface area contributed by atoms with Crippen LogP contribution in [0.4, 0.5) is 0 Å². The van der Waals surface area contributed by atoms with E-state index in [1.807, 2.05) is 0 Å². The maximum absolute atomic E-state index is 13.0. The zero-order valence-corrected chi connectivity index (χ0v) is 14.9. The highest BCUT2D eigenvalue weighted by atomic mass is 35.5. The zero-order chi connectivity index (χ0) is 18.4. The summed E-state index contributed by atoms with van der Waals surface area (Å²) in [5.74, 6) is -1.36. The van der Waals surface area contributed by atoms with Crippen molar-refractivity contribution in [1.29, 1.82) is 0 Å². The number of carbonyl (C=O) groups excluding carboxylic acids is 1. The monoisotopic (exact) mass is 391 g/mol. The number of nitrogens with zero attached hydrogens (tertiary/aromatic N) is 4. The van der Waals surface area contributed by atoms with Crippen LogP contribution in [0, 0.1) is 0 Å². The molecule has 3 aromatic heterocycles. The van der Waals surface area contributed by atoms with Crippen LogP contribution in [0.1, 0.15) is 38.4 Å². The third-order valence-corrected chi connectivity index (χ3v) is 5.42. The van der Waals surface area contributed by atoms with Crippen molar-refractivity contribution in [1.82, 2.24) is 19.3 Å². The quantitative estimate of drug-likeness (QED) is 0.706. The fourth-order valence-electron chi connectivity index (χ4n) is 3.08. The molecule has 0 aromatic carbocycles. The van der Waals surface area contributed by atoms with Crippen LogP contribution < -0.4 is 5.73 Å². The number of aromatic nitrogens is 3. The summed E-state index contributed by atoms with van der Waals surface area (Å²) in [6.45, 7) is 0.361. The Morgan fingerprint density at radius 1 is 1.27 bits per heavy atom. The van der Waals surface area contributed by atoms with E-state index in [4.69, 9.17) is 22.4 Å². The number of aromatic carboxylic acids is 1. The Kier molecular flexibility index (Phi) is 4.14. The standard InChI is InChI=1S/C16H14ClN5O3S/c17-8-1-2-13-19-10(6-21(13)4-8)15(23)22-5-9(18)3-12(22)14-20-11(7-26-14)16(24)25/h1-2,4,6-7,9,12H,3,5,18H2,(H,24,25). The molecule has 1 saturated heterocycles. The van der Waals surface area contributed by atoms with E-state index in [-0.39, 0.29) is 29.4 Å². The molecule has 10 heteroatoms. The number of rotatable bonds is 3. The van der Waals surface area contributed by atoms with E-state index in [0.717, 1.165) is 0 Å². The first-order valence-corrected chi connectivity index (χ1v) is 9.07. The summed E-state index contributed by atoms with van der Waals surface area (Å²) >= 11 is 7.19. The largest absolute Gasteiger partial charge is 0.476 e. The van der Waals surface area contributed by atoms with E-state index in [2.05, 4.69) is 9.97 Å². The van der Waals surface area contributed by atoms with Crippen molar-refractivity contribution in [3.63, 3.8) is 0 Å². The molecule has 0 aliphatic carbocycles.